The molecule has 3 aromatic heterocycles. The number of carboxylic acid groups (broad SMARTS) is 1. The summed E-state index contributed by atoms with van der Waals surface area (Å²) in [6, 6.07) is 3.32. The van der Waals surface area contributed by atoms with Crippen molar-refractivity contribution in [1.82, 2.24) is 35.0 Å². The summed E-state index contributed by atoms with van der Waals surface area (Å²) >= 11 is 0. The topological polar surface area (TPSA) is 111 Å². The van der Waals surface area contributed by atoms with Gasteiger partial charge in [0.1, 0.15) is 5.56 Å². The van der Waals surface area contributed by atoms with Crippen molar-refractivity contribution in [1.29, 1.82) is 0 Å². The van der Waals surface area contributed by atoms with Crippen LogP contribution in [0.5, 0.6) is 0 Å². The van der Waals surface area contributed by atoms with Gasteiger partial charge in [-0.25, -0.2) is 9.48 Å². The predicted molar refractivity (Wildman–Crippen MR) is 57.4 cm³/mol. The van der Waals surface area contributed by atoms with Crippen LogP contribution in [0.4, 0.5) is 0 Å². The quantitative estimate of drug-likeness (QED) is 0.660. The molecule has 0 amide bonds. The molecule has 0 unspecified atom stereocenters. The van der Waals surface area contributed by atoms with Crippen molar-refractivity contribution >= 4 is 11.6 Å². The second-order valence-electron chi connectivity index (χ2n) is 3.60. The highest BCUT2D eigenvalue weighted by atomic mass is 16.4. The number of fused-ring (bicyclic) bond motifs is 1. The van der Waals surface area contributed by atoms with Gasteiger partial charge >= 0.3 is 5.97 Å². The Hall–Kier alpha value is -2.84. The Morgan fingerprint density at radius 2 is 2.17 bits per heavy atom. The molecular formula is C9H7N7O2. The third-order valence-electron chi connectivity index (χ3n) is 2.42. The number of aryl methyl sites for hydroxylation is 1. The average Bonchev–Trinajstić information content (AvgIpc) is 2.93. The van der Waals surface area contributed by atoms with Crippen LogP contribution in [0.2, 0.25) is 0 Å². The number of rotatable bonds is 2. The molecule has 0 aromatic carbocycles. The zero-order valence-electron chi connectivity index (χ0n) is 9.22. The van der Waals surface area contributed by atoms with Crippen LogP contribution >= 0.6 is 0 Å². The van der Waals surface area contributed by atoms with E-state index in [4.69, 9.17) is 5.11 Å². The molecule has 1 N–H and O–H groups in total. The Morgan fingerprint density at radius 1 is 1.33 bits per heavy atom. The van der Waals surface area contributed by atoms with Crippen molar-refractivity contribution in [2.45, 2.75) is 6.92 Å². The minimum Gasteiger partial charge on any atom is -0.478 e. The molecule has 0 aliphatic heterocycles. The van der Waals surface area contributed by atoms with Gasteiger partial charge in [0.05, 0.1) is 5.69 Å². The number of nitrogens with zero attached hydrogens (tertiary/aromatic N) is 7. The molecule has 0 fully saturated rings. The molecule has 0 atom stereocenters. The monoisotopic (exact) mass is 245 g/mol. The lowest BCUT2D eigenvalue weighted by Gasteiger charge is -1.98. The van der Waals surface area contributed by atoms with Gasteiger partial charge in [0.15, 0.2) is 11.5 Å². The highest BCUT2D eigenvalue weighted by Gasteiger charge is 2.13. The van der Waals surface area contributed by atoms with Gasteiger partial charge in [0, 0.05) is 6.20 Å². The van der Waals surface area contributed by atoms with Crippen LogP contribution in [0.1, 0.15) is 16.1 Å². The molecular weight excluding hydrogens is 238 g/mol. The average molecular weight is 245 g/mol. The number of hydrogen-bond acceptors (Lipinski definition) is 6. The summed E-state index contributed by atoms with van der Waals surface area (Å²) in [6.07, 6.45) is 1.40. The van der Waals surface area contributed by atoms with Crippen molar-refractivity contribution < 1.29 is 9.90 Å². The number of tetrazole rings is 1. The summed E-state index contributed by atoms with van der Waals surface area (Å²) in [6.45, 7) is 1.62. The van der Waals surface area contributed by atoms with Crippen molar-refractivity contribution in [3.63, 3.8) is 0 Å². The van der Waals surface area contributed by atoms with Gasteiger partial charge in [-0.1, -0.05) is 0 Å². The minimum atomic E-state index is -1.03. The zero-order chi connectivity index (χ0) is 12.7. The maximum Gasteiger partial charge on any atom is 0.339 e. The first-order valence-corrected chi connectivity index (χ1v) is 5.00. The molecule has 0 aliphatic carbocycles. The Kier molecular flexibility index (Phi) is 2.06. The fourth-order valence-corrected chi connectivity index (χ4v) is 1.55. The normalized spacial score (nSPS) is 10.9. The van der Waals surface area contributed by atoms with Crippen LogP contribution in [-0.4, -0.2) is 46.1 Å². The highest BCUT2D eigenvalue weighted by Crippen LogP contribution is 2.10. The molecule has 9 heteroatoms. The number of hydrogen-bond donors (Lipinski definition) is 1. The minimum absolute atomic E-state index is 0.133. The molecule has 0 saturated carbocycles. The third-order valence-corrected chi connectivity index (χ3v) is 2.42. The lowest BCUT2D eigenvalue weighted by Crippen LogP contribution is -2.03. The van der Waals surface area contributed by atoms with Crippen LogP contribution in [0.15, 0.2) is 18.3 Å². The van der Waals surface area contributed by atoms with E-state index in [2.05, 4.69) is 25.7 Å². The van der Waals surface area contributed by atoms with E-state index in [1.165, 1.54) is 15.5 Å². The number of carbonyl (C=O) groups is 1. The summed E-state index contributed by atoms with van der Waals surface area (Å²) < 4.78 is 2.62. The second kappa shape index (κ2) is 3.58. The van der Waals surface area contributed by atoms with Gasteiger partial charge in [0.25, 0.3) is 0 Å². The fourth-order valence-electron chi connectivity index (χ4n) is 1.55. The van der Waals surface area contributed by atoms with Crippen LogP contribution in [0.25, 0.3) is 11.5 Å². The standard InChI is InChI=1S/C9H7N7O2/c1-5-6(9(17)18)4-15(11-5)8-3-2-7-10-13-14-16(7)12-8/h2-4H,1H3,(H,17,18). The second-order valence-corrected chi connectivity index (χ2v) is 3.60. The van der Waals surface area contributed by atoms with Gasteiger partial charge in [-0.2, -0.15) is 5.10 Å². The van der Waals surface area contributed by atoms with Gasteiger partial charge in [0.2, 0.25) is 0 Å². The molecule has 3 aromatic rings. The van der Waals surface area contributed by atoms with E-state index < -0.39 is 5.97 Å². The van der Waals surface area contributed by atoms with E-state index >= 15 is 0 Å². The lowest BCUT2D eigenvalue weighted by atomic mass is 10.3. The van der Waals surface area contributed by atoms with Crippen molar-refractivity contribution in [2.75, 3.05) is 0 Å². The Balaban J connectivity index is 2.13. The molecule has 0 radical (unpaired) electrons. The molecule has 0 saturated heterocycles. The summed E-state index contributed by atoms with van der Waals surface area (Å²) in [7, 11) is 0. The first kappa shape index (κ1) is 10.3. The smallest absolute Gasteiger partial charge is 0.339 e. The Labute approximate surface area is 99.7 Å². The molecule has 9 nitrogen and oxygen atoms in total. The van der Waals surface area contributed by atoms with E-state index in [0.717, 1.165) is 0 Å². The Bertz CT molecular complexity index is 744. The van der Waals surface area contributed by atoms with Crippen LogP contribution in [0.3, 0.4) is 0 Å². The summed E-state index contributed by atoms with van der Waals surface area (Å²) in [5, 5.41) is 28.0. The molecule has 3 heterocycles. The lowest BCUT2D eigenvalue weighted by molar-refractivity contribution is 0.0696. The highest BCUT2D eigenvalue weighted by molar-refractivity contribution is 5.88. The van der Waals surface area contributed by atoms with Crippen molar-refractivity contribution in [2.24, 2.45) is 0 Å². The van der Waals surface area contributed by atoms with E-state index in [1.54, 1.807) is 19.1 Å². The van der Waals surface area contributed by atoms with E-state index in [9.17, 15) is 4.79 Å². The van der Waals surface area contributed by atoms with Gasteiger partial charge in [-0.05, 0) is 29.5 Å². The van der Waals surface area contributed by atoms with Crippen LogP contribution in [0, 0.1) is 6.92 Å². The summed E-state index contributed by atoms with van der Waals surface area (Å²) in [5.41, 5.74) is 1.05. The predicted octanol–water partition coefficient (Wildman–Crippen LogP) is -0.288. The third kappa shape index (κ3) is 1.49. The Morgan fingerprint density at radius 3 is 2.89 bits per heavy atom. The summed E-state index contributed by atoms with van der Waals surface area (Å²) in [5.74, 6) is -0.590. The SMILES string of the molecule is Cc1nn(-c2ccc3nnnn3n2)cc1C(=O)O. The number of aromatic carboxylic acids is 1. The fraction of sp³-hybridized carbons (Fsp3) is 0.111. The van der Waals surface area contributed by atoms with Crippen LogP contribution < -0.4 is 0 Å². The molecule has 18 heavy (non-hydrogen) atoms. The van der Waals surface area contributed by atoms with Gasteiger partial charge in [-0.15, -0.1) is 14.8 Å². The first-order valence-electron chi connectivity index (χ1n) is 5.00. The first-order chi connectivity index (χ1) is 8.65. The molecule has 0 aliphatic rings. The van der Waals surface area contributed by atoms with Gasteiger partial charge in [-0.3, -0.25) is 0 Å². The number of aromatic nitrogens is 7. The maximum atomic E-state index is 10.9. The van der Waals surface area contributed by atoms with Crippen LogP contribution in [-0.2, 0) is 0 Å². The zero-order valence-corrected chi connectivity index (χ0v) is 9.22. The molecule has 0 bridgehead atoms. The molecule has 3 rings (SSSR count). The largest absolute Gasteiger partial charge is 0.478 e. The molecule has 90 valence electrons. The number of carboxylic acids is 1. The van der Waals surface area contributed by atoms with E-state index in [1.807, 2.05) is 0 Å². The maximum absolute atomic E-state index is 10.9. The molecule has 0 spiro atoms. The van der Waals surface area contributed by atoms with E-state index in [-0.39, 0.29) is 5.56 Å². The van der Waals surface area contributed by atoms with Gasteiger partial charge < -0.3 is 5.11 Å². The van der Waals surface area contributed by atoms with Crippen molar-refractivity contribution in [3.8, 4) is 5.82 Å². The van der Waals surface area contributed by atoms with E-state index in [0.29, 0.717) is 17.2 Å². The van der Waals surface area contributed by atoms with Crippen molar-refractivity contribution in [3.05, 3.63) is 29.6 Å². The summed E-state index contributed by atoms with van der Waals surface area (Å²) in [4.78, 5) is 10.9.